The minimum atomic E-state index is -0.665. The van der Waals surface area contributed by atoms with Gasteiger partial charge in [-0.3, -0.25) is 0 Å². The van der Waals surface area contributed by atoms with Crippen molar-refractivity contribution in [2.75, 3.05) is 0 Å². The molecule has 2 N–H and O–H groups in total. The van der Waals surface area contributed by atoms with Gasteiger partial charge in [0.1, 0.15) is 5.82 Å². The van der Waals surface area contributed by atoms with Crippen LogP contribution in [0.2, 0.25) is 0 Å². The van der Waals surface area contributed by atoms with Crippen LogP contribution in [0.4, 0.5) is 4.39 Å². The Morgan fingerprint density at radius 3 is 2.60 bits per heavy atom. The van der Waals surface area contributed by atoms with Crippen molar-refractivity contribution in [3.8, 4) is 0 Å². The van der Waals surface area contributed by atoms with Crippen molar-refractivity contribution < 1.29 is 14.7 Å². The number of hydrogen-bond donors (Lipinski definition) is 2. The van der Waals surface area contributed by atoms with Gasteiger partial charge >= 0.3 is 0 Å². The van der Waals surface area contributed by atoms with Gasteiger partial charge in [-0.25, -0.2) is 4.39 Å². The predicted octanol–water partition coefficient (Wildman–Crippen LogP) is 3.24. The first kappa shape index (κ1) is 13.6. The third-order valence-corrected chi connectivity index (χ3v) is 5.11. The monoisotopic (exact) mass is 277 g/mol. The summed E-state index contributed by atoms with van der Waals surface area (Å²) in [6, 6.07) is 6.73. The van der Waals surface area contributed by atoms with Crippen molar-refractivity contribution in [3.05, 3.63) is 35.6 Å². The second kappa shape index (κ2) is 5.17. The van der Waals surface area contributed by atoms with Crippen LogP contribution in [0, 0.1) is 11.7 Å². The molecule has 1 aromatic rings. The second-order valence-electron chi connectivity index (χ2n) is 6.02. The molecule has 0 amide bonds. The standard InChI is InChI=1S/C16H20FNO2/c17-13-7-2-1-6-12(13)16(9-4-10-16)15(19)11-5-3-8-14(11)18-20/h1-2,6-7,11,15,19-20H,3-5,8-10H2/t11-,15-/m1/s1. The van der Waals surface area contributed by atoms with Gasteiger partial charge in [-0.05, 0) is 43.7 Å². The largest absolute Gasteiger partial charge is 0.411 e. The summed E-state index contributed by atoms with van der Waals surface area (Å²) < 4.78 is 14.1. The molecule has 3 nitrogen and oxygen atoms in total. The van der Waals surface area contributed by atoms with E-state index in [1.807, 2.05) is 6.07 Å². The van der Waals surface area contributed by atoms with Crippen molar-refractivity contribution in [1.82, 2.24) is 0 Å². The molecular formula is C16H20FNO2. The molecule has 2 aliphatic rings. The number of oxime groups is 1. The molecule has 0 saturated heterocycles. The van der Waals surface area contributed by atoms with Crippen LogP contribution in [0.25, 0.3) is 0 Å². The lowest BCUT2D eigenvalue weighted by molar-refractivity contribution is 0.00218. The van der Waals surface area contributed by atoms with Crippen LogP contribution in [0.3, 0.4) is 0 Å². The average molecular weight is 277 g/mol. The summed E-state index contributed by atoms with van der Waals surface area (Å²) in [6.45, 7) is 0. The molecule has 4 heteroatoms. The van der Waals surface area contributed by atoms with Gasteiger partial charge in [0.15, 0.2) is 0 Å². The number of rotatable bonds is 3. The van der Waals surface area contributed by atoms with E-state index in [0.29, 0.717) is 11.3 Å². The number of benzene rings is 1. The third kappa shape index (κ3) is 1.94. The Morgan fingerprint density at radius 1 is 1.25 bits per heavy atom. The number of nitrogens with zero attached hydrogens (tertiary/aromatic N) is 1. The van der Waals surface area contributed by atoms with E-state index in [2.05, 4.69) is 5.16 Å². The third-order valence-electron chi connectivity index (χ3n) is 5.11. The van der Waals surface area contributed by atoms with Gasteiger partial charge in [0.25, 0.3) is 0 Å². The maximum atomic E-state index is 14.1. The Labute approximate surface area is 118 Å². The normalized spacial score (nSPS) is 28.3. The van der Waals surface area contributed by atoms with Gasteiger partial charge in [-0.2, -0.15) is 0 Å². The summed E-state index contributed by atoms with van der Waals surface area (Å²) in [4.78, 5) is 0. The van der Waals surface area contributed by atoms with Crippen molar-refractivity contribution in [2.45, 2.75) is 50.0 Å². The van der Waals surface area contributed by atoms with Crippen molar-refractivity contribution in [1.29, 1.82) is 0 Å². The lowest BCUT2D eigenvalue weighted by Crippen LogP contribution is -2.50. The fraction of sp³-hybridized carbons (Fsp3) is 0.562. The van der Waals surface area contributed by atoms with E-state index in [1.54, 1.807) is 12.1 Å². The zero-order valence-corrected chi connectivity index (χ0v) is 11.4. The summed E-state index contributed by atoms with van der Waals surface area (Å²) in [6.07, 6.45) is 4.40. The molecule has 2 aliphatic carbocycles. The van der Waals surface area contributed by atoms with E-state index in [4.69, 9.17) is 5.21 Å². The molecule has 0 aliphatic heterocycles. The highest BCUT2D eigenvalue weighted by Gasteiger charge is 2.50. The molecule has 108 valence electrons. The molecule has 0 heterocycles. The van der Waals surface area contributed by atoms with Crippen LogP contribution in [0.5, 0.6) is 0 Å². The Hall–Kier alpha value is -1.42. The maximum absolute atomic E-state index is 14.1. The van der Waals surface area contributed by atoms with Crippen LogP contribution in [-0.2, 0) is 5.41 Å². The summed E-state index contributed by atoms with van der Waals surface area (Å²) in [5.41, 5.74) is 0.777. The summed E-state index contributed by atoms with van der Waals surface area (Å²) in [5, 5.41) is 23.3. The lowest BCUT2D eigenvalue weighted by Gasteiger charge is -2.48. The maximum Gasteiger partial charge on any atom is 0.127 e. The van der Waals surface area contributed by atoms with Crippen LogP contribution < -0.4 is 0 Å². The first-order valence-corrected chi connectivity index (χ1v) is 7.33. The van der Waals surface area contributed by atoms with E-state index >= 15 is 0 Å². The Bertz CT molecular complexity index is 525. The summed E-state index contributed by atoms with van der Waals surface area (Å²) in [5.74, 6) is -0.383. The minimum Gasteiger partial charge on any atom is -0.411 e. The molecule has 0 unspecified atom stereocenters. The van der Waals surface area contributed by atoms with Gasteiger partial charge in [-0.1, -0.05) is 29.8 Å². The number of aliphatic hydroxyl groups is 1. The molecule has 0 radical (unpaired) electrons. The van der Waals surface area contributed by atoms with E-state index in [1.165, 1.54) is 6.07 Å². The van der Waals surface area contributed by atoms with Gasteiger partial charge < -0.3 is 10.3 Å². The second-order valence-corrected chi connectivity index (χ2v) is 6.02. The quantitative estimate of drug-likeness (QED) is 0.658. The van der Waals surface area contributed by atoms with Crippen molar-refractivity contribution in [2.24, 2.45) is 11.1 Å². The van der Waals surface area contributed by atoms with Gasteiger partial charge in [0.2, 0.25) is 0 Å². The highest BCUT2D eigenvalue weighted by Crippen LogP contribution is 2.50. The fourth-order valence-electron chi connectivity index (χ4n) is 3.85. The van der Waals surface area contributed by atoms with E-state index in [9.17, 15) is 9.50 Å². The Morgan fingerprint density at radius 2 is 2.00 bits per heavy atom. The smallest absolute Gasteiger partial charge is 0.127 e. The molecule has 1 aromatic carbocycles. The predicted molar refractivity (Wildman–Crippen MR) is 74.5 cm³/mol. The zero-order chi connectivity index (χ0) is 14.2. The van der Waals surface area contributed by atoms with Crippen molar-refractivity contribution in [3.63, 3.8) is 0 Å². The molecule has 2 atom stereocenters. The summed E-state index contributed by atoms with van der Waals surface area (Å²) >= 11 is 0. The topological polar surface area (TPSA) is 52.8 Å². The molecule has 2 fully saturated rings. The van der Waals surface area contributed by atoms with E-state index < -0.39 is 11.5 Å². The van der Waals surface area contributed by atoms with E-state index in [0.717, 1.165) is 38.5 Å². The van der Waals surface area contributed by atoms with Crippen LogP contribution in [-0.4, -0.2) is 22.1 Å². The van der Waals surface area contributed by atoms with Gasteiger partial charge in [0, 0.05) is 11.3 Å². The zero-order valence-electron chi connectivity index (χ0n) is 11.4. The first-order chi connectivity index (χ1) is 9.69. The Kier molecular flexibility index (Phi) is 3.50. The van der Waals surface area contributed by atoms with E-state index in [-0.39, 0.29) is 11.7 Å². The fourth-order valence-corrected chi connectivity index (χ4v) is 3.85. The number of halogens is 1. The van der Waals surface area contributed by atoms with Gasteiger partial charge in [0.05, 0.1) is 11.8 Å². The lowest BCUT2D eigenvalue weighted by atomic mass is 9.58. The summed E-state index contributed by atoms with van der Waals surface area (Å²) in [7, 11) is 0. The molecule has 20 heavy (non-hydrogen) atoms. The highest BCUT2D eigenvalue weighted by molar-refractivity contribution is 5.88. The van der Waals surface area contributed by atoms with Crippen LogP contribution >= 0.6 is 0 Å². The van der Waals surface area contributed by atoms with Crippen LogP contribution in [0.1, 0.15) is 44.1 Å². The van der Waals surface area contributed by atoms with Crippen LogP contribution in [0.15, 0.2) is 29.4 Å². The average Bonchev–Trinajstić information content (AvgIpc) is 2.87. The van der Waals surface area contributed by atoms with Crippen molar-refractivity contribution >= 4 is 5.71 Å². The molecule has 3 rings (SSSR count). The minimum absolute atomic E-state index is 0.139. The number of hydrogen-bond acceptors (Lipinski definition) is 3. The highest BCUT2D eigenvalue weighted by atomic mass is 19.1. The first-order valence-electron chi connectivity index (χ1n) is 7.33. The van der Waals surface area contributed by atoms with Gasteiger partial charge in [-0.15, -0.1) is 0 Å². The molecule has 2 saturated carbocycles. The molecule has 0 bridgehead atoms. The molecular weight excluding hydrogens is 257 g/mol. The Balaban J connectivity index is 1.95. The molecule has 0 aromatic heterocycles. The molecule has 0 spiro atoms. The number of aliphatic hydroxyl groups excluding tert-OH is 1. The SMILES string of the molecule is ON=C1CCC[C@H]1[C@@H](O)C1(c2ccccc2F)CCC1.